The van der Waals surface area contributed by atoms with Gasteiger partial charge in [-0.25, -0.2) is 4.98 Å². The number of pyridine rings is 1. The smallest absolute Gasteiger partial charge is 0.129 e. The Bertz CT molecular complexity index is 330. The first-order chi connectivity index (χ1) is 8.22. The Balaban J connectivity index is 2.86. The zero-order valence-corrected chi connectivity index (χ0v) is 11.0. The van der Waals surface area contributed by atoms with E-state index in [0.29, 0.717) is 19.2 Å². The Morgan fingerprint density at radius 2 is 2.24 bits per heavy atom. The first-order valence-electron chi connectivity index (χ1n) is 6.14. The quantitative estimate of drug-likeness (QED) is 0.785. The Kier molecular flexibility index (Phi) is 5.94. The molecule has 0 fully saturated rings. The SMILES string of the molecule is CCC(C)N(CCOC)c1cccc(CN)n1. The number of nitrogens with two attached hydrogens (primary N) is 1. The lowest BCUT2D eigenvalue weighted by molar-refractivity contribution is 0.203. The summed E-state index contributed by atoms with van der Waals surface area (Å²) in [7, 11) is 1.72. The van der Waals surface area contributed by atoms with Gasteiger partial charge in [0, 0.05) is 26.2 Å². The molecule has 96 valence electrons. The highest BCUT2D eigenvalue weighted by Crippen LogP contribution is 2.16. The summed E-state index contributed by atoms with van der Waals surface area (Å²) in [5.41, 5.74) is 6.55. The van der Waals surface area contributed by atoms with Gasteiger partial charge in [0.25, 0.3) is 0 Å². The van der Waals surface area contributed by atoms with E-state index in [-0.39, 0.29) is 0 Å². The molecule has 17 heavy (non-hydrogen) atoms. The number of rotatable bonds is 7. The van der Waals surface area contributed by atoms with Gasteiger partial charge in [-0.15, -0.1) is 0 Å². The summed E-state index contributed by atoms with van der Waals surface area (Å²) in [5, 5.41) is 0. The van der Waals surface area contributed by atoms with Crippen LogP contribution in [0, 0.1) is 0 Å². The van der Waals surface area contributed by atoms with E-state index in [4.69, 9.17) is 10.5 Å². The fourth-order valence-electron chi connectivity index (χ4n) is 1.71. The van der Waals surface area contributed by atoms with Crippen molar-refractivity contribution in [1.29, 1.82) is 0 Å². The molecule has 1 aromatic heterocycles. The molecule has 0 aliphatic carbocycles. The van der Waals surface area contributed by atoms with Gasteiger partial charge in [0.05, 0.1) is 12.3 Å². The number of ether oxygens (including phenoxy) is 1. The van der Waals surface area contributed by atoms with Crippen LogP contribution in [0.2, 0.25) is 0 Å². The van der Waals surface area contributed by atoms with Crippen molar-refractivity contribution in [1.82, 2.24) is 4.98 Å². The predicted octanol–water partition coefficient (Wildman–Crippen LogP) is 1.79. The molecule has 0 aliphatic heterocycles. The third-order valence-electron chi connectivity index (χ3n) is 2.95. The molecule has 1 rings (SSSR count). The lowest BCUT2D eigenvalue weighted by Gasteiger charge is -2.29. The van der Waals surface area contributed by atoms with Crippen LogP contribution in [0.15, 0.2) is 18.2 Å². The van der Waals surface area contributed by atoms with Gasteiger partial charge in [0.1, 0.15) is 5.82 Å². The summed E-state index contributed by atoms with van der Waals surface area (Å²) in [4.78, 5) is 6.83. The molecule has 0 aromatic carbocycles. The second-order valence-electron chi connectivity index (χ2n) is 4.13. The average Bonchev–Trinajstić information content (AvgIpc) is 2.39. The van der Waals surface area contributed by atoms with Crippen LogP contribution in [-0.4, -0.2) is 31.3 Å². The number of methoxy groups -OCH3 is 1. The highest BCUT2D eigenvalue weighted by atomic mass is 16.5. The number of hydrogen-bond donors (Lipinski definition) is 1. The Morgan fingerprint density at radius 1 is 1.47 bits per heavy atom. The van der Waals surface area contributed by atoms with Crippen molar-refractivity contribution in [3.63, 3.8) is 0 Å². The molecule has 0 radical (unpaired) electrons. The molecule has 0 spiro atoms. The number of hydrogen-bond acceptors (Lipinski definition) is 4. The second-order valence-corrected chi connectivity index (χ2v) is 4.13. The molecule has 1 heterocycles. The van der Waals surface area contributed by atoms with Gasteiger partial charge in [-0.05, 0) is 25.5 Å². The molecule has 4 heteroatoms. The molecular formula is C13H23N3O. The normalized spacial score (nSPS) is 12.5. The molecular weight excluding hydrogens is 214 g/mol. The van der Waals surface area contributed by atoms with E-state index < -0.39 is 0 Å². The maximum atomic E-state index is 5.62. The van der Waals surface area contributed by atoms with Crippen molar-refractivity contribution in [2.45, 2.75) is 32.9 Å². The summed E-state index contributed by atoms with van der Waals surface area (Å²) in [6.45, 7) is 6.42. The number of aromatic nitrogens is 1. The minimum Gasteiger partial charge on any atom is -0.383 e. The van der Waals surface area contributed by atoms with Crippen LogP contribution in [0.5, 0.6) is 0 Å². The van der Waals surface area contributed by atoms with Crippen LogP contribution in [-0.2, 0) is 11.3 Å². The molecule has 0 aliphatic rings. The van der Waals surface area contributed by atoms with Gasteiger partial charge in [-0.2, -0.15) is 0 Å². The second kappa shape index (κ2) is 7.25. The van der Waals surface area contributed by atoms with Crippen molar-refractivity contribution in [3.05, 3.63) is 23.9 Å². The van der Waals surface area contributed by atoms with Crippen LogP contribution in [0.3, 0.4) is 0 Å². The first-order valence-corrected chi connectivity index (χ1v) is 6.14. The number of anilines is 1. The van der Waals surface area contributed by atoms with Crippen molar-refractivity contribution in [3.8, 4) is 0 Å². The van der Waals surface area contributed by atoms with Crippen LogP contribution >= 0.6 is 0 Å². The van der Waals surface area contributed by atoms with E-state index in [9.17, 15) is 0 Å². The van der Waals surface area contributed by atoms with Gasteiger partial charge < -0.3 is 15.4 Å². The molecule has 1 aromatic rings. The summed E-state index contributed by atoms with van der Waals surface area (Å²) >= 11 is 0. The molecule has 0 saturated heterocycles. The summed E-state index contributed by atoms with van der Waals surface area (Å²) in [6.07, 6.45) is 1.08. The molecule has 1 atom stereocenters. The summed E-state index contributed by atoms with van der Waals surface area (Å²) in [6, 6.07) is 6.44. The van der Waals surface area contributed by atoms with Gasteiger partial charge in [-0.3, -0.25) is 0 Å². The van der Waals surface area contributed by atoms with Gasteiger partial charge >= 0.3 is 0 Å². The van der Waals surface area contributed by atoms with Gasteiger partial charge in [0.15, 0.2) is 0 Å². The standard InChI is InChI=1S/C13H23N3O/c1-4-11(2)16(8-9-17-3)13-7-5-6-12(10-14)15-13/h5-7,11H,4,8-10,14H2,1-3H3. The molecule has 2 N–H and O–H groups in total. The third-order valence-corrected chi connectivity index (χ3v) is 2.95. The van der Waals surface area contributed by atoms with Crippen LogP contribution < -0.4 is 10.6 Å². The Labute approximate surface area is 104 Å². The Hall–Kier alpha value is -1.13. The predicted molar refractivity (Wildman–Crippen MR) is 71.1 cm³/mol. The van der Waals surface area contributed by atoms with Gasteiger partial charge in [-0.1, -0.05) is 13.0 Å². The maximum absolute atomic E-state index is 5.62. The van der Waals surface area contributed by atoms with Gasteiger partial charge in [0.2, 0.25) is 0 Å². The van der Waals surface area contributed by atoms with E-state index >= 15 is 0 Å². The van der Waals surface area contributed by atoms with Crippen LogP contribution in [0.25, 0.3) is 0 Å². The zero-order chi connectivity index (χ0) is 12.7. The van der Waals surface area contributed by atoms with E-state index in [1.165, 1.54) is 0 Å². The van der Waals surface area contributed by atoms with Crippen molar-refractivity contribution in [2.24, 2.45) is 5.73 Å². The summed E-state index contributed by atoms with van der Waals surface area (Å²) < 4.78 is 5.15. The first kappa shape index (κ1) is 13.9. The zero-order valence-electron chi connectivity index (χ0n) is 11.0. The van der Waals surface area contributed by atoms with E-state index in [1.54, 1.807) is 7.11 Å². The van der Waals surface area contributed by atoms with Crippen molar-refractivity contribution >= 4 is 5.82 Å². The number of nitrogens with zero attached hydrogens (tertiary/aromatic N) is 2. The minimum absolute atomic E-state index is 0.450. The largest absolute Gasteiger partial charge is 0.383 e. The van der Waals surface area contributed by atoms with E-state index in [0.717, 1.165) is 24.5 Å². The molecule has 0 saturated carbocycles. The fourth-order valence-corrected chi connectivity index (χ4v) is 1.71. The highest BCUT2D eigenvalue weighted by Gasteiger charge is 2.13. The topological polar surface area (TPSA) is 51.4 Å². The molecule has 0 bridgehead atoms. The minimum atomic E-state index is 0.450. The van der Waals surface area contributed by atoms with E-state index in [2.05, 4.69) is 23.7 Å². The lowest BCUT2D eigenvalue weighted by Crippen LogP contribution is -2.36. The van der Waals surface area contributed by atoms with Crippen molar-refractivity contribution < 1.29 is 4.74 Å². The fraction of sp³-hybridized carbons (Fsp3) is 0.615. The highest BCUT2D eigenvalue weighted by molar-refractivity contribution is 5.40. The third kappa shape index (κ3) is 3.98. The van der Waals surface area contributed by atoms with Crippen LogP contribution in [0.4, 0.5) is 5.82 Å². The van der Waals surface area contributed by atoms with E-state index in [1.807, 2.05) is 18.2 Å². The molecule has 1 unspecified atom stereocenters. The average molecular weight is 237 g/mol. The maximum Gasteiger partial charge on any atom is 0.129 e. The summed E-state index contributed by atoms with van der Waals surface area (Å²) in [5.74, 6) is 0.986. The van der Waals surface area contributed by atoms with Crippen molar-refractivity contribution in [2.75, 3.05) is 25.2 Å². The molecule has 4 nitrogen and oxygen atoms in total. The lowest BCUT2D eigenvalue weighted by atomic mass is 10.2. The molecule has 0 amide bonds. The van der Waals surface area contributed by atoms with Crippen LogP contribution in [0.1, 0.15) is 26.0 Å². The Morgan fingerprint density at radius 3 is 2.82 bits per heavy atom. The monoisotopic (exact) mass is 237 g/mol.